The molecule has 0 aromatic heterocycles. The van der Waals surface area contributed by atoms with Crippen molar-refractivity contribution in [2.24, 2.45) is 0 Å². The number of nitrogens with one attached hydrogen (secondary N) is 1. The first-order chi connectivity index (χ1) is 10.2. The van der Waals surface area contributed by atoms with Crippen LogP contribution >= 0.6 is 11.8 Å². The molecule has 1 saturated heterocycles. The lowest BCUT2D eigenvalue weighted by molar-refractivity contribution is -0.124. The van der Waals surface area contributed by atoms with Gasteiger partial charge in [0.25, 0.3) is 0 Å². The van der Waals surface area contributed by atoms with Crippen LogP contribution < -0.4 is 5.32 Å². The summed E-state index contributed by atoms with van der Waals surface area (Å²) in [6.07, 6.45) is 2.83. The molecule has 1 aliphatic heterocycles. The molecule has 4 heteroatoms. The van der Waals surface area contributed by atoms with Gasteiger partial charge in [-0.15, -0.1) is 0 Å². The summed E-state index contributed by atoms with van der Waals surface area (Å²) in [5.74, 6) is 2.26. The van der Waals surface area contributed by atoms with Crippen LogP contribution in [0, 0.1) is 0 Å². The van der Waals surface area contributed by atoms with E-state index in [2.05, 4.69) is 12.2 Å². The van der Waals surface area contributed by atoms with Gasteiger partial charge < -0.3 is 10.1 Å². The zero-order valence-electron chi connectivity index (χ0n) is 12.9. The smallest absolute Gasteiger partial charge is 0.227 e. The fraction of sp³-hybridized carbons (Fsp3) is 0.588. The summed E-state index contributed by atoms with van der Waals surface area (Å²) in [7, 11) is 1.76. The van der Waals surface area contributed by atoms with Crippen molar-refractivity contribution < 1.29 is 9.53 Å². The Morgan fingerprint density at radius 1 is 1.33 bits per heavy atom. The maximum Gasteiger partial charge on any atom is 0.227 e. The molecule has 1 aromatic rings. The summed E-state index contributed by atoms with van der Waals surface area (Å²) in [6.45, 7) is 2.67. The van der Waals surface area contributed by atoms with Gasteiger partial charge in [-0.25, -0.2) is 0 Å². The first kappa shape index (κ1) is 16.4. The molecule has 2 rings (SSSR count). The first-order valence-electron chi connectivity index (χ1n) is 7.66. The van der Waals surface area contributed by atoms with Gasteiger partial charge in [-0.05, 0) is 36.3 Å². The summed E-state index contributed by atoms with van der Waals surface area (Å²) in [5.41, 5.74) is 0.916. The molecular formula is C17H25NO2S. The second-order valence-electron chi connectivity index (χ2n) is 5.59. The lowest BCUT2D eigenvalue weighted by Gasteiger charge is -2.36. The Bertz CT molecular complexity index is 443. The van der Waals surface area contributed by atoms with Gasteiger partial charge >= 0.3 is 0 Å². The molecule has 3 nitrogen and oxygen atoms in total. The van der Waals surface area contributed by atoms with Crippen molar-refractivity contribution in [2.45, 2.75) is 37.7 Å². The van der Waals surface area contributed by atoms with Crippen molar-refractivity contribution >= 4 is 17.7 Å². The summed E-state index contributed by atoms with van der Waals surface area (Å²) in [6, 6.07) is 10.0. The van der Waals surface area contributed by atoms with Crippen LogP contribution in [0.5, 0.6) is 0 Å². The Hall–Kier alpha value is -1.00. The van der Waals surface area contributed by atoms with Crippen LogP contribution in [0.25, 0.3) is 0 Å². The highest BCUT2D eigenvalue weighted by Gasteiger charge is 2.33. The molecule has 1 heterocycles. The van der Waals surface area contributed by atoms with Crippen molar-refractivity contribution in [3.05, 3.63) is 35.9 Å². The molecule has 1 amide bonds. The third kappa shape index (κ3) is 4.24. The zero-order valence-corrected chi connectivity index (χ0v) is 13.7. The van der Waals surface area contributed by atoms with Gasteiger partial charge in [-0.1, -0.05) is 37.3 Å². The molecule has 116 valence electrons. The third-order valence-corrected chi connectivity index (χ3v) is 5.33. The molecule has 1 atom stereocenters. The quantitative estimate of drug-likeness (QED) is 0.877. The van der Waals surface area contributed by atoms with E-state index in [-0.39, 0.29) is 17.4 Å². The Morgan fingerprint density at radius 2 is 2.00 bits per heavy atom. The van der Waals surface area contributed by atoms with E-state index < -0.39 is 0 Å². The van der Waals surface area contributed by atoms with Crippen molar-refractivity contribution in [1.29, 1.82) is 0 Å². The highest BCUT2D eigenvalue weighted by atomic mass is 32.2. The van der Waals surface area contributed by atoms with Gasteiger partial charge in [0, 0.05) is 13.7 Å². The van der Waals surface area contributed by atoms with Gasteiger partial charge in [0.2, 0.25) is 5.91 Å². The number of rotatable bonds is 6. The molecular weight excluding hydrogens is 282 g/mol. The molecule has 1 fully saturated rings. The number of hydrogen-bond acceptors (Lipinski definition) is 3. The van der Waals surface area contributed by atoms with Gasteiger partial charge in [0.1, 0.15) is 0 Å². The molecule has 1 aliphatic rings. The standard InChI is InChI=1S/C17H25NO2S/c1-3-15(14-7-5-4-6-8-14)16(19)18-13-17(20-2)9-11-21-12-10-17/h4-8,15H,3,9-13H2,1-2H3,(H,18,19)/t15-/m0/s1. The fourth-order valence-electron chi connectivity index (χ4n) is 2.83. The Morgan fingerprint density at radius 3 is 2.57 bits per heavy atom. The predicted molar refractivity (Wildman–Crippen MR) is 88.8 cm³/mol. The van der Waals surface area contributed by atoms with Crippen LogP contribution in [0.3, 0.4) is 0 Å². The third-order valence-electron chi connectivity index (χ3n) is 4.35. The van der Waals surface area contributed by atoms with Crippen LogP contribution in [0.15, 0.2) is 30.3 Å². The molecule has 0 unspecified atom stereocenters. The fourth-order valence-corrected chi connectivity index (χ4v) is 4.06. The molecule has 0 aliphatic carbocycles. The van der Waals surface area contributed by atoms with Crippen LogP contribution in [0.4, 0.5) is 0 Å². The summed E-state index contributed by atoms with van der Waals surface area (Å²) >= 11 is 1.96. The number of hydrogen-bond donors (Lipinski definition) is 1. The Balaban J connectivity index is 1.96. The topological polar surface area (TPSA) is 38.3 Å². The average molecular weight is 307 g/mol. The number of carbonyl (C=O) groups excluding carboxylic acids is 1. The van der Waals surface area contributed by atoms with Crippen LogP contribution in [-0.2, 0) is 9.53 Å². The van der Waals surface area contributed by atoms with E-state index in [1.807, 2.05) is 42.1 Å². The van der Waals surface area contributed by atoms with E-state index in [1.54, 1.807) is 7.11 Å². The lowest BCUT2D eigenvalue weighted by Crippen LogP contribution is -2.47. The van der Waals surface area contributed by atoms with E-state index in [0.29, 0.717) is 6.54 Å². The minimum Gasteiger partial charge on any atom is -0.376 e. The van der Waals surface area contributed by atoms with Gasteiger partial charge in [0.05, 0.1) is 11.5 Å². The number of carbonyl (C=O) groups is 1. The van der Waals surface area contributed by atoms with Crippen molar-refractivity contribution in [1.82, 2.24) is 5.32 Å². The maximum absolute atomic E-state index is 12.5. The summed E-state index contributed by atoms with van der Waals surface area (Å²) in [4.78, 5) is 12.5. The summed E-state index contributed by atoms with van der Waals surface area (Å²) in [5, 5.41) is 3.12. The van der Waals surface area contributed by atoms with Crippen molar-refractivity contribution in [3.63, 3.8) is 0 Å². The van der Waals surface area contributed by atoms with Crippen molar-refractivity contribution in [3.8, 4) is 0 Å². The SMILES string of the molecule is CC[C@H](C(=O)NCC1(OC)CCSCC1)c1ccccc1. The first-order valence-corrected chi connectivity index (χ1v) is 8.82. The van der Waals surface area contributed by atoms with E-state index in [1.165, 1.54) is 0 Å². The van der Waals surface area contributed by atoms with E-state index in [4.69, 9.17) is 4.74 Å². The second-order valence-corrected chi connectivity index (χ2v) is 6.81. The number of ether oxygens (including phenoxy) is 1. The van der Waals surface area contributed by atoms with Gasteiger partial charge in [-0.2, -0.15) is 11.8 Å². The predicted octanol–water partition coefficient (Wildman–Crippen LogP) is 3.21. The molecule has 1 N–H and O–H groups in total. The van der Waals surface area contributed by atoms with Crippen LogP contribution in [0.2, 0.25) is 0 Å². The maximum atomic E-state index is 12.5. The lowest BCUT2D eigenvalue weighted by atomic mass is 9.93. The van der Waals surface area contributed by atoms with Crippen LogP contribution in [-0.4, -0.2) is 36.7 Å². The van der Waals surface area contributed by atoms with E-state index >= 15 is 0 Å². The Kier molecular flexibility index (Phi) is 6.12. The van der Waals surface area contributed by atoms with E-state index in [9.17, 15) is 4.79 Å². The van der Waals surface area contributed by atoms with Gasteiger partial charge in [-0.3, -0.25) is 4.79 Å². The molecule has 21 heavy (non-hydrogen) atoms. The number of thioether (sulfide) groups is 1. The average Bonchev–Trinajstić information content (AvgIpc) is 2.55. The second kappa shape index (κ2) is 7.85. The highest BCUT2D eigenvalue weighted by Crippen LogP contribution is 2.29. The van der Waals surface area contributed by atoms with Gasteiger partial charge in [0.15, 0.2) is 0 Å². The Labute approximate surface area is 131 Å². The molecule has 0 spiro atoms. The monoisotopic (exact) mass is 307 g/mol. The molecule has 0 radical (unpaired) electrons. The number of amides is 1. The largest absolute Gasteiger partial charge is 0.376 e. The molecule has 0 bridgehead atoms. The van der Waals surface area contributed by atoms with Crippen LogP contribution in [0.1, 0.15) is 37.7 Å². The highest BCUT2D eigenvalue weighted by molar-refractivity contribution is 7.99. The minimum absolute atomic E-state index is 0.0712. The molecule has 1 aromatic carbocycles. The summed E-state index contributed by atoms with van der Waals surface area (Å²) < 4.78 is 5.72. The number of benzene rings is 1. The number of methoxy groups -OCH3 is 1. The van der Waals surface area contributed by atoms with Crippen molar-refractivity contribution in [2.75, 3.05) is 25.2 Å². The normalized spacial score (nSPS) is 19.0. The molecule has 0 saturated carbocycles. The minimum atomic E-state index is -0.171. The zero-order chi connectivity index (χ0) is 15.1. The van der Waals surface area contributed by atoms with E-state index in [0.717, 1.165) is 36.3 Å².